The maximum Gasteiger partial charge on any atom is 0.329 e. The van der Waals surface area contributed by atoms with Crippen LogP contribution in [0.2, 0.25) is 0 Å². The highest BCUT2D eigenvalue weighted by molar-refractivity contribution is 5.93. The minimum absolute atomic E-state index is 0.0286. The Morgan fingerprint density at radius 2 is 1.85 bits per heavy atom. The van der Waals surface area contributed by atoms with Gasteiger partial charge in [0.2, 0.25) is 11.8 Å². The zero-order valence-electron chi connectivity index (χ0n) is 15.5. The van der Waals surface area contributed by atoms with Gasteiger partial charge in [-0.15, -0.1) is 0 Å². The second-order valence-corrected chi connectivity index (χ2v) is 7.05. The summed E-state index contributed by atoms with van der Waals surface area (Å²) in [5.41, 5.74) is 1.04. The Kier molecular flexibility index (Phi) is 5.11. The van der Waals surface area contributed by atoms with Gasteiger partial charge in [0.1, 0.15) is 5.82 Å². The number of rotatable bonds is 4. The molecule has 0 saturated carbocycles. The van der Waals surface area contributed by atoms with Crippen molar-refractivity contribution in [1.29, 1.82) is 0 Å². The van der Waals surface area contributed by atoms with Crippen LogP contribution in [0.5, 0.6) is 0 Å². The largest absolute Gasteiger partial charge is 0.343 e. The zero-order valence-corrected chi connectivity index (χ0v) is 15.5. The van der Waals surface area contributed by atoms with Gasteiger partial charge in [0, 0.05) is 40.0 Å². The molecule has 2 aromatic heterocycles. The number of nitrogens with one attached hydrogen (secondary N) is 1. The van der Waals surface area contributed by atoms with Crippen molar-refractivity contribution in [3.63, 3.8) is 0 Å². The number of fused-ring (bicyclic) bond motifs is 1. The van der Waals surface area contributed by atoms with Crippen LogP contribution >= 0.6 is 0 Å². The molecule has 1 N–H and O–H groups in total. The minimum Gasteiger partial charge on any atom is -0.343 e. The second kappa shape index (κ2) is 7.31. The van der Waals surface area contributed by atoms with Gasteiger partial charge in [0.05, 0.1) is 5.52 Å². The molecule has 1 saturated heterocycles. The molecule has 1 aliphatic heterocycles. The average Bonchev–Trinajstić information content (AvgIpc) is 2.84. The number of amides is 2. The van der Waals surface area contributed by atoms with Gasteiger partial charge in [0.25, 0.3) is 0 Å². The molecule has 1 aliphatic rings. The van der Waals surface area contributed by atoms with E-state index < -0.39 is 0 Å². The Hall–Kier alpha value is -2.64. The lowest BCUT2D eigenvalue weighted by Crippen LogP contribution is -2.38. The number of likely N-dealkylation sites (tertiary alicyclic amines) is 1. The highest BCUT2D eigenvalue weighted by Gasteiger charge is 2.20. The number of carbonyl (C=O) groups excluding carboxylic acids is 2. The molecule has 2 amide bonds. The van der Waals surface area contributed by atoms with Crippen LogP contribution in [0.3, 0.4) is 0 Å². The van der Waals surface area contributed by atoms with Gasteiger partial charge in [-0.25, -0.2) is 9.78 Å². The number of imidazole rings is 1. The molecule has 140 valence electrons. The van der Waals surface area contributed by atoms with Crippen LogP contribution in [0.15, 0.2) is 16.9 Å². The monoisotopic (exact) mass is 359 g/mol. The molecule has 3 rings (SSSR count). The van der Waals surface area contributed by atoms with Gasteiger partial charge in [-0.2, -0.15) is 0 Å². The minimum atomic E-state index is -0.253. The first kappa shape index (κ1) is 18.2. The summed E-state index contributed by atoms with van der Waals surface area (Å²) in [6.45, 7) is 3.76. The predicted molar refractivity (Wildman–Crippen MR) is 98.8 cm³/mol. The number of pyridine rings is 1. The van der Waals surface area contributed by atoms with Crippen molar-refractivity contribution in [2.75, 3.05) is 18.4 Å². The number of anilines is 1. The molecule has 2 aromatic rings. The summed E-state index contributed by atoms with van der Waals surface area (Å²) < 4.78 is 2.94. The SMILES string of the molecule is CC1CCN(C(=O)CCC(=O)Nc2ccc3c(n2)n(C)c(=O)n3C)CC1. The quantitative estimate of drug-likeness (QED) is 0.890. The number of hydrogen-bond donors (Lipinski definition) is 1. The zero-order chi connectivity index (χ0) is 18.8. The first-order valence-corrected chi connectivity index (χ1v) is 8.97. The summed E-state index contributed by atoms with van der Waals surface area (Å²) >= 11 is 0. The van der Waals surface area contributed by atoms with Gasteiger partial charge in [-0.3, -0.25) is 18.7 Å². The molecule has 3 heterocycles. The third kappa shape index (κ3) is 3.63. The Morgan fingerprint density at radius 1 is 1.15 bits per heavy atom. The van der Waals surface area contributed by atoms with Crippen molar-refractivity contribution < 1.29 is 9.59 Å². The third-order valence-electron chi connectivity index (χ3n) is 5.08. The molecule has 0 atom stereocenters. The van der Waals surface area contributed by atoms with E-state index in [0.717, 1.165) is 25.9 Å². The highest BCUT2D eigenvalue weighted by atomic mass is 16.2. The third-order valence-corrected chi connectivity index (χ3v) is 5.08. The van der Waals surface area contributed by atoms with E-state index in [1.807, 2.05) is 4.90 Å². The standard InChI is InChI=1S/C18H25N5O3/c1-12-8-10-23(11-9-12)16(25)7-6-15(24)19-14-5-4-13-17(20-14)22(3)18(26)21(13)2/h4-5,12H,6-11H2,1-3H3,(H,19,20,24). The summed E-state index contributed by atoms with van der Waals surface area (Å²) in [5.74, 6) is 0.817. The number of hydrogen-bond acceptors (Lipinski definition) is 4. The normalized spacial score (nSPS) is 15.4. The predicted octanol–water partition coefficient (Wildman–Crippen LogP) is 1.25. The molecule has 0 unspecified atom stereocenters. The van der Waals surface area contributed by atoms with Gasteiger partial charge < -0.3 is 10.2 Å². The van der Waals surface area contributed by atoms with Crippen LogP contribution < -0.4 is 11.0 Å². The van der Waals surface area contributed by atoms with Gasteiger partial charge >= 0.3 is 5.69 Å². The fourth-order valence-corrected chi connectivity index (χ4v) is 3.28. The van der Waals surface area contributed by atoms with Gasteiger partial charge in [0.15, 0.2) is 5.65 Å². The molecule has 0 spiro atoms. The lowest BCUT2D eigenvalue weighted by molar-refractivity contribution is -0.134. The van der Waals surface area contributed by atoms with Crippen molar-refractivity contribution in [2.45, 2.75) is 32.6 Å². The molecule has 26 heavy (non-hydrogen) atoms. The lowest BCUT2D eigenvalue weighted by Gasteiger charge is -2.30. The van der Waals surface area contributed by atoms with Crippen LogP contribution in [0.1, 0.15) is 32.6 Å². The molecular weight excluding hydrogens is 334 g/mol. The van der Waals surface area contributed by atoms with Gasteiger partial charge in [-0.05, 0) is 30.9 Å². The number of aromatic nitrogens is 3. The number of aryl methyl sites for hydroxylation is 2. The molecule has 0 aliphatic carbocycles. The van der Waals surface area contributed by atoms with Crippen LogP contribution in [0.4, 0.5) is 5.82 Å². The molecule has 0 bridgehead atoms. The van der Waals surface area contributed by atoms with E-state index >= 15 is 0 Å². The molecule has 0 radical (unpaired) electrons. The van der Waals surface area contributed by atoms with E-state index in [0.29, 0.717) is 22.9 Å². The smallest absolute Gasteiger partial charge is 0.329 e. The van der Waals surface area contributed by atoms with Crippen molar-refractivity contribution >= 4 is 28.8 Å². The first-order valence-electron chi connectivity index (χ1n) is 8.97. The van der Waals surface area contributed by atoms with Crippen molar-refractivity contribution in [2.24, 2.45) is 20.0 Å². The summed E-state index contributed by atoms with van der Waals surface area (Å²) in [7, 11) is 3.32. The van der Waals surface area contributed by atoms with E-state index in [-0.39, 0.29) is 30.3 Å². The topological polar surface area (TPSA) is 89.2 Å². The maximum atomic E-state index is 12.2. The van der Waals surface area contributed by atoms with Crippen molar-refractivity contribution in [3.8, 4) is 0 Å². The number of nitrogens with zero attached hydrogens (tertiary/aromatic N) is 4. The molecule has 8 heteroatoms. The van der Waals surface area contributed by atoms with Crippen LogP contribution in [-0.2, 0) is 23.7 Å². The van der Waals surface area contributed by atoms with E-state index in [1.165, 1.54) is 9.13 Å². The van der Waals surface area contributed by atoms with Crippen LogP contribution in [-0.4, -0.2) is 43.9 Å². The molecule has 1 fully saturated rings. The average molecular weight is 359 g/mol. The van der Waals surface area contributed by atoms with E-state index in [2.05, 4.69) is 17.2 Å². The second-order valence-electron chi connectivity index (χ2n) is 7.05. The first-order chi connectivity index (χ1) is 12.4. The Bertz CT molecular complexity index is 890. The highest BCUT2D eigenvalue weighted by Crippen LogP contribution is 2.17. The molecule has 8 nitrogen and oxygen atoms in total. The van der Waals surface area contributed by atoms with E-state index in [9.17, 15) is 14.4 Å². The van der Waals surface area contributed by atoms with Crippen LogP contribution in [0.25, 0.3) is 11.2 Å². The van der Waals surface area contributed by atoms with Crippen molar-refractivity contribution in [1.82, 2.24) is 19.0 Å². The van der Waals surface area contributed by atoms with Gasteiger partial charge in [-0.1, -0.05) is 6.92 Å². The summed E-state index contributed by atoms with van der Waals surface area (Å²) in [5, 5.41) is 2.71. The maximum absolute atomic E-state index is 12.2. The fraction of sp³-hybridized carbons (Fsp3) is 0.556. The van der Waals surface area contributed by atoms with Crippen LogP contribution in [0, 0.1) is 5.92 Å². The van der Waals surface area contributed by atoms with E-state index in [1.54, 1.807) is 26.2 Å². The Morgan fingerprint density at radius 3 is 2.54 bits per heavy atom. The lowest BCUT2D eigenvalue weighted by atomic mass is 9.99. The van der Waals surface area contributed by atoms with Crippen molar-refractivity contribution in [3.05, 3.63) is 22.6 Å². The molecular formula is C18H25N5O3. The Balaban J connectivity index is 1.58. The molecule has 0 aromatic carbocycles. The number of carbonyl (C=O) groups is 2. The Labute approximate surface area is 151 Å². The summed E-state index contributed by atoms with van der Waals surface area (Å²) in [4.78, 5) is 42.5. The fourth-order valence-electron chi connectivity index (χ4n) is 3.28. The van der Waals surface area contributed by atoms with E-state index in [4.69, 9.17) is 0 Å². The summed E-state index contributed by atoms with van der Waals surface area (Å²) in [6.07, 6.45) is 2.37. The summed E-state index contributed by atoms with van der Waals surface area (Å²) in [6, 6.07) is 3.41. The number of piperidine rings is 1.